The van der Waals surface area contributed by atoms with E-state index in [0.717, 1.165) is 22.9 Å². The second kappa shape index (κ2) is 10.8. The summed E-state index contributed by atoms with van der Waals surface area (Å²) in [6.45, 7) is 9.95. The lowest BCUT2D eigenvalue weighted by Gasteiger charge is -2.36. The number of anilines is 1. The molecule has 0 aliphatic carbocycles. The lowest BCUT2D eigenvalue weighted by molar-refractivity contribution is -0.120. The summed E-state index contributed by atoms with van der Waals surface area (Å²) in [4.78, 5) is 25.7. The Kier molecular flexibility index (Phi) is 8.28. The van der Waals surface area contributed by atoms with Gasteiger partial charge in [-0.15, -0.1) is 0 Å². The molecule has 0 aromatic heterocycles. The minimum Gasteiger partial charge on any atom is -0.390 e. The first kappa shape index (κ1) is 26.8. The van der Waals surface area contributed by atoms with Gasteiger partial charge in [-0.1, -0.05) is 32.9 Å². The minimum absolute atomic E-state index is 0.0266. The standard InChI is InChI=1S/C27H35F2N3O3/c1-16(33)31-24(12-18-10-20(28)14-21(29)11-18)26(35)15-30-23-8-9-32(17(2)34)25-7-6-19(13-22(23)25)27(3,4)5/h6-7,10-11,13-14,23-24,26,30,35H,8-9,12,15H2,1-5H3,(H,31,33). The zero-order chi connectivity index (χ0) is 25.9. The highest BCUT2D eigenvalue weighted by atomic mass is 19.1. The number of aliphatic hydroxyl groups excluding tert-OH is 1. The van der Waals surface area contributed by atoms with E-state index in [0.29, 0.717) is 18.5 Å². The lowest BCUT2D eigenvalue weighted by Crippen LogP contribution is -2.49. The Morgan fingerprint density at radius 1 is 1.11 bits per heavy atom. The van der Waals surface area contributed by atoms with Gasteiger partial charge in [0.25, 0.3) is 0 Å². The summed E-state index contributed by atoms with van der Waals surface area (Å²) in [7, 11) is 0. The van der Waals surface area contributed by atoms with Gasteiger partial charge in [-0.25, -0.2) is 8.78 Å². The van der Waals surface area contributed by atoms with Crippen LogP contribution < -0.4 is 15.5 Å². The van der Waals surface area contributed by atoms with E-state index < -0.39 is 23.8 Å². The summed E-state index contributed by atoms with van der Waals surface area (Å²) in [5.74, 6) is -1.79. The number of nitrogens with one attached hydrogen (secondary N) is 2. The molecule has 1 heterocycles. The molecule has 0 bridgehead atoms. The zero-order valence-corrected chi connectivity index (χ0v) is 21.0. The number of nitrogens with zero attached hydrogens (tertiary/aromatic N) is 1. The van der Waals surface area contributed by atoms with Crippen LogP contribution >= 0.6 is 0 Å². The summed E-state index contributed by atoms with van der Waals surface area (Å²) in [5, 5.41) is 17.0. The minimum atomic E-state index is -1.01. The SMILES string of the molecule is CC(=O)NC(Cc1cc(F)cc(F)c1)C(O)CNC1CCN(C(C)=O)c2ccc(C(C)(C)C)cc21. The Bertz CT molecular complexity index is 1060. The van der Waals surface area contributed by atoms with E-state index in [-0.39, 0.29) is 36.2 Å². The van der Waals surface area contributed by atoms with Crippen LogP contribution in [0.2, 0.25) is 0 Å². The van der Waals surface area contributed by atoms with Crippen molar-refractivity contribution in [3.63, 3.8) is 0 Å². The largest absolute Gasteiger partial charge is 0.390 e. The van der Waals surface area contributed by atoms with Gasteiger partial charge < -0.3 is 20.6 Å². The van der Waals surface area contributed by atoms with Crippen LogP contribution in [-0.4, -0.2) is 42.2 Å². The van der Waals surface area contributed by atoms with Crippen molar-refractivity contribution in [1.82, 2.24) is 10.6 Å². The molecule has 0 spiro atoms. The summed E-state index contributed by atoms with van der Waals surface area (Å²) in [6.07, 6.45) is -0.275. The van der Waals surface area contributed by atoms with Gasteiger partial charge in [-0.3, -0.25) is 9.59 Å². The van der Waals surface area contributed by atoms with Crippen LogP contribution in [0.1, 0.15) is 63.8 Å². The lowest BCUT2D eigenvalue weighted by atomic mass is 9.83. The van der Waals surface area contributed by atoms with E-state index in [9.17, 15) is 23.5 Å². The van der Waals surface area contributed by atoms with Crippen molar-refractivity contribution in [2.45, 2.75) is 71.1 Å². The molecule has 35 heavy (non-hydrogen) atoms. The van der Waals surface area contributed by atoms with Crippen molar-refractivity contribution in [2.24, 2.45) is 0 Å². The van der Waals surface area contributed by atoms with Crippen molar-refractivity contribution >= 4 is 17.5 Å². The zero-order valence-electron chi connectivity index (χ0n) is 21.0. The van der Waals surface area contributed by atoms with Crippen molar-refractivity contribution in [2.75, 3.05) is 18.0 Å². The molecule has 3 N–H and O–H groups in total. The number of hydrogen-bond acceptors (Lipinski definition) is 4. The number of aliphatic hydroxyl groups is 1. The molecule has 3 unspecified atom stereocenters. The Morgan fingerprint density at radius 3 is 2.34 bits per heavy atom. The number of benzene rings is 2. The van der Waals surface area contributed by atoms with Crippen molar-refractivity contribution in [3.8, 4) is 0 Å². The molecule has 2 aromatic carbocycles. The molecule has 0 saturated carbocycles. The first-order valence-electron chi connectivity index (χ1n) is 11.9. The molecule has 0 saturated heterocycles. The van der Waals surface area contributed by atoms with Crippen LogP contribution in [0.15, 0.2) is 36.4 Å². The van der Waals surface area contributed by atoms with Gasteiger partial charge in [0.15, 0.2) is 0 Å². The van der Waals surface area contributed by atoms with Crippen molar-refractivity contribution in [3.05, 3.63) is 64.7 Å². The summed E-state index contributed by atoms with van der Waals surface area (Å²) in [6, 6.07) is 8.44. The van der Waals surface area contributed by atoms with E-state index in [1.54, 1.807) is 11.8 Å². The van der Waals surface area contributed by atoms with Crippen LogP contribution in [0.4, 0.5) is 14.5 Å². The second-order valence-corrected chi connectivity index (χ2v) is 10.3. The fourth-order valence-electron chi connectivity index (χ4n) is 4.55. The van der Waals surface area contributed by atoms with Crippen molar-refractivity contribution < 1.29 is 23.5 Å². The summed E-state index contributed by atoms with van der Waals surface area (Å²) < 4.78 is 27.3. The molecule has 190 valence electrons. The van der Waals surface area contributed by atoms with Gasteiger partial charge in [0.1, 0.15) is 11.6 Å². The fourth-order valence-corrected chi connectivity index (χ4v) is 4.55. The monoisotopic (exact) mass is 487 g/mol. The molecule has 8 heteroatoms. The highest BCUT2D eigenvalue weighted by Crippen LogP contribution is 2.37. The van der Waals surface area contributed by atoms with Gasteiger partial charge in [-0.05, 0) is 53.1 Å². The molecule has 0 radical (unpaired) electrons. The maximum absolute atomic E-state index is 13.6. The average molecular weight is 488 g/mol. The third kappa shape index (κ3) is 6.86. The molecule has 2 amide bonds. The van der Waals surface area contributed by atoms with Gasteiger partial charge in [-0.2, -0.15) is 0 Å². The number of rotatable bonds is 7. The quantitative estimate of drug-likeness (QED) is 0.556. The van der Waals surface area contributed by atoms with Gasteiger partial charge >= 0.3 is 0 Å². The number of fused-ring (bicyclic) bond motifs is 1. The Hall–Kier alpha value is -2.84. The molecule has 1 aliphatic heterocycles. The predicted octanol–water partition coefficient (Wildman–Crippen LogP) is 3.76. The van der Waals surface area contributed by atoms with Crippen LogP contribution in [0.5, 0.6) is 0 Å². The molecular formula is C27H35F2N3O3. The summed E-state index contributed by atoms with van der Waals surface area (Å²) >= 11 is 0. The number of halogens is 2. The van der Waals surface area contributed by atoms with E-state index in [1.807, 2.05) is 12.1 Å². The van der Waals surface area contributed by atoms with Gasteiger partial charge in [0.2, 0.25) is 11.8 Å². The van der Waals surface area contributed by atoms with E-state index in [1.165, 1.54) is 19.1 Å². The highest BCUT2D eigenvalue weighted by molar-refractivity contribution is 5.93. The smallest absolute Gasteiger partial charge is 0.223 e. The third-order valence-corrected chi connectivity index (χ3v) is 6.39. The Morgan fingerprint density at radius 2 is 1.77 bits per heavy atom. The summed E-state index contributed by atoms with van der Waals surface area (Å²) in [5.41, 5.74) is 3.23. The number of carbonyl (C=O) groups excluding carboxylic acids is 2. The fraction of sp³-hybridized carbons (Fsp3) is 0.481. The normalized spacial score (nSPS) is 17.5. The molecule has 6 nitrogen and oxygen atoms in total. The number of amides is 2. The molecule has 3 rings (SSSR count). The molecule has 0 fully saturated rings. The van der Waals surface area contributed by atoms with Crippen LogP contribution in [0, 0.1) is 11.6 Å². The first-order valence-corrected chi connectivity index (χ1v) is 11.9. The van der Waals surface area contributed by atoms with Crippen LogP contribution in [-0.2, 0) is 21.4 Å². The number of hydrogen-bond donors (Lipinski definition) is 3. The van der Waals surface area contributed by atoms with Crippen LogP contribution in [0.3, 0.4) is 0 Å². The second-order valence-electron chi connectivity index (χ2n) is 10.3. The van der Waals surface area contributed by atoms with Crippen molar-refractivity contribution in [1.29, 1.82) is 0 Å². The van der Waals surface area contributed by atoms with Crippen LogP contribution in [0.25, 0.3) is 0 Å². The molecule has 3 atom stereocenters. The topological polar surface area (TPSA) is 81.7 Å². The molecular weight excluding hydrogens is 452 g/mol. The maximum atomic E-state index is 13.6. The Balaban J connectivity index is 1.80. The van der Waals surface area contributed by atoms with Gasteiger partial charge in [0.05, 0.1) is 12.1 Å². The number of carbonyl (C=O) groups is 2. The first-order chi connectivity index (χ1) is 16.3. The van der Waals surface area contributed by atoms with Gasteiger partial charge in [0, 0.05) is 44.7 Å². The molecule has 1 aliphatic rings. The van der Waals surface area contributed by atoms with E-state index in [2.05, 4.69) is 37.5 Å². The predicted molar refractivity (Wildman–Crippen MR) is 132 cm³/mol. The van der Waals surface area contributed by atoms with E-state index >= 15 is 0 Å². The highest BCUT2D eigenvalue weighted by Gasteiger charge is 2.30. The van der Waals surface area contributed by atoms with E-state index in [4.69, 9.17) is 0 Å². The average Bonchev–Trinajstić information content (AvgIpc) is 2.74. The Labute approximate surface area is 205 Å². The third-order valence-electron chi connectivity index (χ3n) is 6.39. The molecule has 2 aromatic rings. The maximum Gasteiger partial charge on any atom is 0.223 e.